The van der Waals surface area contributed by atoms with E-state index in [1.807, 2.05) is 29.2 Å². The first kappa shape index (κ1) is 21.6. The van der Waals surface area contributed by atoms with Gasteiger partial charge in [0.25, 0.3) is 5.91 Å². The summed E-state index contributed by atoms with van der Waals surface area (Å²) in [5, 5.41) is 2.86. The number of nitrogens with zero attached hydrogens (tertiary/aromatic N) is 2. The minimum atomic E-state index is -0.0773. The fraction of sp³-hybridized carbons (Fsp3) is 0.391. The van der Waals surface area contributed by atoms with Crippen molar-refractivity contribution < 1.29 is 19.1 Å². The Balaban J connectivity index is 1.39. The molecule has 0 saturated carbocycles. The van der Waals surface area contributed by atoms with Crippen LogP contribution in [0, 0.1) is 0 Å². The summed E-state index contributed by atoms with van der Waals surface area (Å²) in [6.07, 6.45) is 0.968. The molecular weight excluding hydrogens is 382 g/mol. The fourth-order valence-electron chi connectivity index (χ4n) is 3.21. The van der Waals surface area contributed by atoms with Crippen molar-refractivity contribution >= 4 is 17.5 Å². The van der Waals surface area contributed by atoms with Crippen molar-refractivity contribution in [2.24, 2.45) is 0 Å². The lowest BCUT2D eigenvalue weighted by molar-refractivity contribution is -0.116. The quantitative estimate of drug-likeness (QED) is 0.677. The number of methoxy groups -OCH3 is 1. The highest BCUT2D eigenvalue weighted by Gasteiger charge is 2.20. The van der Waals surface area contributed by atoms with Gasteiger partial charge in [-0.25, -0.2) is 0 Å². The SMILES string of the molecule is COc1ccc(OCCCC(=O)Nc2ccc(C(=O)N3CCN(C)CC3)cc2)cc1. The summed E-state index contributed by atoms with van der Waals surface area (Å²) in [4.78, 5) is 28.8. The normalized spacial score (nSPS) is 14.3. The van der Waals surface area contributed by atoms with E-state index < -0.39 is 0 Å². The van der Waals surface area contributed by atoms with Crippen molar-refractivity contribution in [2.45, 2.75) is 12.8 Å². The van der Waals surface area contributed by atoms with Crippen molar-refractivity contribution in [3.05, 3.63) is 54.1 Å². The highest BCUT2D eigenvalue weighted by molar-refractivity contribution is 5.95. The van der Waals surface area contributed by atoms with Gasteiger partial charge >= 0.3 is 0 Å². The zero-order chi connectivity index (χ0) is 21.3. The average Bonchev–Trinajstić information content (AvgIpc) is 2.78. The Morgan fingerprint density at radius 2 is 1.57 bits per heavy atom. The predicted molar refractivity (Wildman–Crippen MR) is 116 cm³/mol. The monoisotopic (exact) mass is 411 g/mol. The third kappa shape index (κ3) is 6.22. The topological polar surface area (TPSA) is 71.1 Å². The van der Waals surface area contributed by atoms with Crippen LogP contribution in [-0.2, 0) is 4.79 Å². The van der Waals surface area contributed by atoms with Crippen LogP contribution in [0.25, 0.3) is 0 Å². The summed E-state index contributed by atoms with van der Waals surface area (Å²) >= 11 is 0. The minimum absolute atomic E-state index is 0.0386. The molecule has 0 atom stereocenters. The number of amides is 2. The van der Waals surface area contributed by atoms with Crippen molar-refractivity contribution in [3.8, 4) is 11.5 Å². The number of nitrogens with one attached hydrogen (secondary N) is 1. The Kier molecular flexibility index (Phi) is 7.68. The van der Waals surface area contributed by atoms with Gasteiger partial charge in [0, 0.05) is 43.9 Å². The number of rotatable bonds is 8. The lowest BCUT2D eigenvalue weighted by Crippen LogP contribution is -2.47. The fourth-order valence-corrected chi connectivity index (χ4v) is 3.21. The number of carbonyl (C=O) groups excluding carboxylic acids is 2. The molecule has 0 unspecified atom stereocenters. The van der Waals surface area contributed by atoms with Crippen LogP contribution in [0.1, 0.15) is 23.2 Å². The maximum absolute atomic E-state index is 12.6. The Hall–Kier alpha value is -3.06. The van der Waals surface area contributed by atoms with Gasteiger partial charge in [0.2, 0.25) is 5.91 Å². The van der Waals surface area contributed by atoms with E-state index in [4.69, 9.17) is 9.47 Å². The van der Waals surface area contributed by atoms with Crippen molar-refractivity contribution in [3.63, 3.8) is 0 Å². The standard InChI is InChI=1S/C23H29N3O4/c1-25-13-15-26(16-14-25)23(28)18-5-7-19(8-6-18)24-22(27)4-3-17-30-21-11-9-20(29-2)10-12-21/h5-12H,3-4,13-17H2,1-2H3,(H,24,27). The Bertz CT molecular complexity index is 829. The average molecular weight is 412 g/mol. The molecule has 3 rings (SSSR count). The molecule has 160 valence electrons. The number of anilines is 1. The Labute approximate surface area is 177 Å². The van der Waals surface area contributed by atoms with Gasteiger partial charge in [-0.2, -0.15) is 0 Å². The second kappa shape index (κ2) is 10.6. The van der Waals surface area contributed by atoms with Gasteiger partial charge in [0.15, 0.2) is 0 Å². The lowest BCUT2D eigenvalue weighted by Gasteiger charge is -2.32. The molecule has 0 bridgehead atoms. The summed E-state index contributed by atoms with van der Waals surface area (Å²) in [7, 11) is 3.68. The molecule has 2 aromatic carbocycles. The number of likely N-dealkylation sites (N-methyl/N-ethyl adjacent to an activating group) is 1. The van der Waals surface area contributed by atoms with Gasteiger partial charge in [-0.1, -0.05) is 0 Å². The first-order valence-electron chi connectivity index (χ1n) is 10.2. The highest BCUT2D eigenvalue weighted by Crippen LogP contribution is 2.17. The van der Waals surface area contributed by atoms with Crippen molar-refractivity contribution in [1.82, 2.24) is 9.80 Å². The highest BCUT2D eigenvalue weighted by atomic mass is 16.5. The maximum atomic E-state index is 12.6. The number of ether oxygens (including phenoxy) is 2. The van der Waals surface area contributed by atoms with E-state index in [0.29, 0.717) is 30.7 Å². The summed E-state index contributed by atoms with van der Waals surface area (Å²) in [5.41, 5.74) is 1.33. The molecule has 0 radical (unpaired) electrons. The Morgan fingerprint density at radius 3 is 2.20 bits per heavy atom. The number of carbonyl (C=O) groups is 2. The molecule has 0 aliphatic carbocycles. The smallest absolute Gasteiger partial charge is 0.253 e. The van der Waals surface area contributed by atoms with Crippen molar-refractivity contribution in [1.29, 1.82) is 0 Å². The summed E-state index contributed by atoms with van der Waals surface area (Å²) in [6, 6.07) is 14.4. The maximum Gasteiger partial charge on any atom is 0.253 e. The van der Waals surface area contributed by atoms with Gasteiger partial charge in [-0.15, -0.1) is 0 Å². The lowest BCUT2D eigenvalue weighted by atomic mass is 10.1. The second-order valence-electron chi connectivity index (χ2n) is 7.35. The molecule has 1 aliphatic heterocycles. The van der Waals surface area contributed by atoms with Crippen LogP contribution in [0.15, 0.2) is 48.5 Å². The van der Waals surface area contributed by atoms with Crippen molar-refractivity contribution in [2.75, 3.05) is 52.3 Å². The zero-order valence-corrected chi connectivity index (χ0v) is 17.6. The third-order valence-electron chi connectivity index (χ3n) is 5.08. The van der Waals surface area contributed by atoms with Crippen LogP contribution in [0.2, 0.25) is 0 Å². The number of hydrogen-bond acceptors (Lipinski definition) is 5. The van der Waals surface area contributed by atoms with Gasteiger partial charge in [0.05, 0.1) is 13.7 Å². The molecule has 0 aromatic heterocycles. The summed E-state index contributed by atoms with van der Waals surface area (Å²) < 4.78 is 10.7. The molecule has 2 amide bonds. The molecule has 1 saturated heterocycles. The van der Waals surface area contributed by atoms with E-state index in [0.717, 1.165) is 37.7 Å². The molecule has 1 heterocycles. The summed E-state index contributed by atoms with van der Waals surface area (Å²) in [6.45, 7) is 3.72. The molecule has 1 aliphatic rings. The second-order valence-corrected chi connectivity index (χ2v) is 7.35. The van der Waals surface area contributed by atoms with Crippen LogP contribution in [0.4, 0.5) is 5.69 Å². The largest absolute Gasteiger partial charge is 0.497 e. The van der Waals surface area contributed by atoms with E-state index in [1.54, 1.807) is 31.4 Å². The van der Waals surface area contributed by atoms with E-state index in [2.05, 4.69) is 17.3 Å². The molecule has 7 heteroatoms. The number of benzene rings is 2. The van der Waals surface area contributed by atoms with E-state index in [-0.39, 0.29) is 11.8 Å². The van der Waals surface area contributed by atoms with Crippen LogP contribution >= 0.6 is 0 Å². The molecule has 2 aromatic rings. The molecule has 0 spiro atoms. The van der Waals surface area contributed by atoms with Gasteiger partial charge in [-0.05, 0) is 62.0 Å². The van der Waals surface area contributed by atoms with Crippen LogP contribution in [0.3, 0.4) is 0 Å². The summed E-state index contributed by atoms with van der Waals surface area (Å²) in [5.74, 6) is 1.48. The van der Waals surface area contributed by atoms with Gasteiger partial charge in [-0.3, -0.25) is 9.59 Å². The first-order chi connectivity index (χ1) is 14.5. The number of piperazine rings is 1. The van der Waals surface area contributed by atoms with Gasteiger partial charge in [0.1, 0.15) is 11.5 Å². The van der Waals surface area contributed by atoms with Crippen LogP contribution in [0.5, 0.6) is 11.5 Å². The van der Waals surface area contributed by atoms with Crippen LogP contribution in [-0.4, -0.2) is 68.6 Å². The van der Waals surface area contributed by atoms with Gasteiger partial charge < -0.3 is 24.6 Å². The van der Waals surface area contributed by atoms with E-state index in [1.165, 1.54) is 0 Å². The first-order valence-corrected chi connectivity index (χ1v) is 10.2. The molecular formula is C23H29N3O4. The van der Waals surface area contributed by atoms with E-state index >= 15 is 0 Å². The van der Waals surface area contributed by atoms with Crippen LogP contribution < -0.4 is 14.8 Å². The predicted octanol–water partition coefficient (Wildman–Crippen LogP) is 2.88. The zero-order valence-electron chi connectivity index (χ0n) is 17.6. The molecule has 1 N–H and O–H groups in total. The molecule has 7 nitrogen and oxygen atoms in total. The number of hydrogen-bond donors (Lipinski definition) is 1. The minimum Gasteiger partial charge on any atom is -0.497 e. The Morgan fingerprint density at radius 1 is 0.933 bits per heavy atom. The third-order valence-corrected chi connectivity index (χ3v) is 5.08. The molecule has 30 heavy (non-hydrogen) atoms. The molecule has 1 fully saturated rings. The van der Waals surface area contributed by atoms with E-state index in [9.17, 15) is 9.59 Å².